The van der Waals surface area contributed by atoms with Gasteiger partial charge in [0.25, 0.3) is 0 Å². The molecule has 3 rings (SSSR count). The highest BCUT2D eigenvalue weighted by molar-refractivity contribution is 9.10. The predicted octanol–water partition coefficient (Wildman–Crippen LogP) is 4.02. The van der Waals surface area contributed by atoms with E-state index in [-0.39, 0.29) is 5.91 Å². The average molecular weight is 416 g/mol. The van der Waals surface area contributed by atoms with Gasteiger partial charge in [-0.25, -0.2) is 0 Å². The van der Waals surface area contributed by atoms with Crippen LogP contribution in [-0.2, 0) is 11.3 Å². The van der Waals surface area contributed by atoms with Gasteiger partial charge in [0.05, 0.1) is 22.4 Å². The minimum absolute atomic E-state index is 0.149. The Morgan fingerprint density at radius 1 is 1.19 bits per heavy atom. The molecule has 7 heteroatoms. The highest BCUT2D eigenvalue weighted by atomic mass is 79.9. The first-order valence-electron chi connectivity index (χ1n) is 8.47. The standard InChI is InChI=1S/C19H22BrN5O/c1-12-7-5-6-8-16(12)11-24-10-9-17(23-24)21-19(26)15(4)25-14(3)18(20)13(2)22-25/h5-10,15H,11H2,1-4H3,(H,21,23,26). The second-order valence-corrected chi connectivity index (χ2v) is 7.21. The Kier molecular flexibility index (Phi) is 5.27. The highest BCUT2D eigenvalue weighted by Crippen LogP contribution is 2.23. The molecular weight excluding hydrogens is 394 g/mol. The lowest BCUT2D eigenvalue weighted by molar-refractivity contribution is -0.119. The summed E-state index contributed by atoms with van der Waals surface area (Å²) in [6, 6.07) is 9.57. The quantitative estimate of drug-likeness (QED) is 0.684. The van der Waals surface area contributed by atoms with Crippen molar-refractivity contribution in [1.29, 1.82) is 0 Å². The zero-order chi connectivity index (χ0) is 18.8. The number of anilines is 1. The summed E-state index contributed by atoms with van der Waals surface area (Å²) in [7, 11) is 0. The average Bonchev–Trinajstić information content (AvgIpc) is 3.16. The molecule has 0 saturated heterocycles. The molecule has 3 aromatic rings. The van der Waals surface area contributed by atoms with E-state index in [9.17, 15) is 4.79 Å². The van der Waals surface area contributed by atoms with Crippen LogP contribution in [0.25, 0.3) is 0 Å². The Balaban J connectivity index is 1.69. The molecule has 0 fully saturated rings. The number of benzene rings is 1. The second kappa shape index (κ2) is 7.45. The van der Waals surface area contributed by atoms with Gasteiger partial charge in [-0.3, -0.25) is 14.2 Å². The topological polar surface area (TPSA) is 64.7 Å². The molecule has 1 amide bonds. The van der Waals surface area contributed by atoms with Crippen molar-refractivity contribution in [3.05, 3.63) is 63.5 Å². The largest absolute Gasteiger partial charge is 0.307 e. The SMILES string of the molecule is Cc1ccccc1Cn1ccc(NC(=O)C(C)n2nc(C)c(Br)c2C)n1. The third kappa shape index (κ3) is 3.72. The monoisotopic (exact) mass is 415 g/mol. The second-order valence-electron chi connectivity index (χ2n) is 6.42. The third-order valence-electron chi connectivity index (χ3n) is 4.47. The lowest BCUT2D eigenvalue weighted by atomic mass is 10.1. The van der Waals surface area contributed by atoms with Crippen LogP contribution in [0, 0.1) is 20.8 Å². The number of amides is 1. The Labute approximate surface area is 161 Å². The van der Waals surface area contributed by atoms with Gasteiger partial charge in [-0.05, 0) is 54.8 Å². The number of aryl methyl sites for hydroxylation is 2. The van der Waals surface area contributed by atoms with Crippen LogP contribution in [0.2, 0.25) is 0 Å². The van der Waals surface area contributed by atoms with Gasteiger partial charge >= 0.3 is 0 Å². The van der Waals surface area contributed by atoms with Crippen LogP contribution in [0.3, 0.4) is 0 Å². The molecule has 0 radical (unpaired) electrons. The number of aromatic nitrogens is 4. The van der Waals surface area contributed by atoms with Crippen LogP contribution in [0.1, 0.15) is 35.5 Å². The van der Waals surface area contributed by atoms with Gasteiger partial charge < -0.3 is 5.32 Å². The molecule has 1 aromatic carbocycles. The molecule has 0 spiro atoms. The fourth-order valence-electron chi connectivity index (χ4n) is 2.84. The van der Waals surface area contributed by atoms with Crippen LogP contribution >= 0.6 is 15.9 Å². The summed E-state index contributed by atoms with van der Waals surface area (Å²) >= 11 is 3.49. The first-order chi connectivity index (χ1) is 12.4. The fraction of sp³-hybridized carbons (Fsp3) is 0.316. The smallest absolute Gasteiger partial charge is 0.250 e. The maximum Gasteiger partial charge on any atom is 0.250 e. The van der Waals surface area contributed by atoms with Gasteiger partial charge in [0.2, 0.25) is 5.91 Å². The van der Waals surface area contributed by atoms with Crippen molar-refractivity contribution in [2.75, 3.05) is 5.32 Å². The summed E-state index contributed by atoms with van der Waals surface area (Å²) in [5.41, 5.74) is 4.21. The normalized spacial score (nSPS) is 12.2. The minimum atomic E-state index is -0.429. The van der Waals surface area contributed by atoms with Crippen LogP contribution < -0.4 is 5.32 Å². The summed E-state index contributed by atoms with van der Waals surface area (Å²) in [4.78, 5) is 12.6. The molecule has 0 bridgehead atoms. The zero-order valence-electron chi connectivity index (χ0n) is 15.3. The molecule has 2 aromatic heterocycles. The van der Waals surface area contributed by atoms with Crippen molar-refractivity contribution in [2.45, 2.75) is 40.3 Å². The molecule has 0 saturated carbocycles. The number of halogens is 1. The lowest BCUT2D eigenvalue weighted by Crippen LogP contribution is -2.25. The van der Waals surface area contributed by atoms with Gasteiger partial charge in [0, 0.05) is 12.3 Å². The Morgan fingerprint density at radius 2 is 1.92 bits per heavy atom. The number of nitrogens with one attached hydrogen (secondary N) is 1. The summed E-state index contributed by atoms with van der Waals surface area (Å²) < 4.78 is 4.47. The van der Waals surface area contributed by atoms with Crippen LogP contribution in [-0.4, -0.2) is 25.5 Å². The van der Waals surface area contributed by atoms with Crippen LogP contribution in [0.4, 0.5) is 5.82 Å². The van der Waals surface area contributed by atoms with Crippen molar-refractivity contribution in [3.63, 3.8) is 0 Å². The molecule has 1 N–H and O–H groups in total. The molecule has 1 unspecified atom stereocenters. The number of rotatable bonds is 5. The van der Waals surface area contributed by atoms with Gasteiger partial charge in [-0.2, -0.15) is 10.2 Å². The Bertz CT molecular complexity index is 943. The number of hydrogen-bond donors (Lipinski definition) is 1. The Hall–Kier alpha value is -2.41. The van der Waals surface area contributed by atoms with E-state index in [1.807, 2.05) is 43.8 Å². The molecular formula is C19H22BrN5O. The fourth-order valence-corrected chi connectivity index (χ4v) is 3.10. The van der Waals surface area contributed by atoms with Crippen molar-refractivity contribution in [3.8, 4) is 0 Å². The molecule has 2 heterocycles. The first-order valence-corrected chi connectivity index (χ1v) is 9.26. The molecule has 1 atom stereocenters. The van der Waals surface area contributed by atoms with E-state index in [0.29, 0.717) is 12.4 Å². The van der Waals surface area contributed by atoms with Crippen LogP contribution in [0.5, 0.6) is 0 Å². The zero-order valence-corrected chi connectivity index (χ0v) is 16.9. The molecule has 6 nitrogen and oxygen atoms in total. The van der Waals surface area contributed by atoms with Gasteiger partial charge in [-0.1, -0.05) is 24.3 Å². The van der Waals surface area contributed by atoms with Crippen molar-refractivity contribution < 1.29 is 4.79 Å². The van der Waals surface area contributed by atoms with Crippen molar-refractivity contribution in [2.24, 2.45) is 0 Å². The maximum atomic E-state index is 12.6. The van der Waals surface area contributed by atoms with E-state index >= 15 is 0 Å². The molecule has 0 aliphatic rings. The Morgan fingerprint density at radius 3 is 2.58 bits per heavy atom. The van der Waals surface area contributed by atoms with E-state index in [1.165, 1.54) is 11.1 Å². The van der Waals surface area contributed by atoms with E-state index in [1.54, 1.807) is 10.7 Å². The predicted molar refractivity (Wildman–Crippen MR) is 105 cm³/mol. The highest BCUT2D eigenvalue weighted by Gasteiger charge is 2.21. The molecule has 26 heavy (non-hydrogen) atoms. The van der Waals surface area contributed by atoms with Crippen molar-refractivity contribution >= 4 is 27.7 Å². The maximum absolute atomic E-state index is 12.6. The minimum Gasteiger partial charge on any atom is -0.307 e. The molecule has 136 valence electrons. The molecule has 0 aliphatic carbocycles. The van der Waals surface area contributed by atoms with Gasteiger partial charge in [0.15, 0.2) is 5.82 Å². The summed E-state index contributed by atoms with van der Waals surface area (Å²) in [6.07, 6.45) is 1.87. The van der Waals surface area contributed by atoms with Crippen LogP contribution in [0.15, 0.2) is 41.0 Å². The number of nitrogens with zero attached hydrogens (tertiary/aromatic N) is 4. The summed E-state index contributed by atoms with van der Waals surface area (Å²) in [5, 5.41) is 11.8. The van der Waals surface area contributed by atoms with E-state index in [2.05, 4.69) is 50.5 Å². The number of carbonyl (C=O) groups excluding carboxylic acids is 1. The van der Waals surface area contributed by atoms with Crippen molar-refractivity contribution in [1.82, 2.24) is 19.6 Å². The summed E-state index contributed by atoms with van der Waals surface area (Å²) in [6.45, 7) is 8.42. The summed E-state index contributed by atoms with van der Waals surface area (Å²) in [5.74, 6) is 0.389. The van der Waals surface area contributed by atoms with E-state index in [0.717, 1.165) is 15.9 Å². The van der Waals surface area contributed by atoms with Gasteiger partial charge in [0.1, 0.15) is 6.04 Å². The molecule has 0 aliphatic heterocycles. The third-order valence-corrected chi connectivity index (χ3v) is 5.62. The van der Waals surface area contributed by atoms with E-state index in [4.69, 9.17) is 0 Å². The first kappa shape index (κ1) is 18.4. The number of hydrogen-bond acceptors (Lipinski definition) is 3. The lowest BCUT2D eigenvalue weighted by Gasteiger charge is -2.13. The van der Waals surface area contributed by atoms with E-state index < -0.39 is 6.04 Å². The number of carbonyl (C=O) groups is 1. The van der Waals surface area contributed by atoms with Gasteiger partial charge in [-0.15, -0.1) is 0 Å².